The number of aryl methyl sites for hydroxylation is 1. The van der Waals surface area contributed by atoms with Crippen molar-refractivity contribution >= 4 is 5.91 Å². The molecule has 27 heavy (non-hydrogen) atoms. The number of amides is 1. The molecule has 0 aliphatic carbocycles. The van der Waals surface area contributed by atoms with Crippen molar-refractivity contribution in [3.8, 4) is 11.6 Å². The smallest absolute Gasteiger partial charge is 0.254 e. The van der Waals surface area contributed by atoms with Gasteiger partial charge in [0.25, 0.3) is 5.91 Å². The maximum Gasteiger partial charge on any atom is 0.254 e. The number of benzene rings is 1. The molecular formula is C18H19N7O2. The van der Waals surface area contributed by atoms with E-state index < -0.39 is 0 Å². The summed E-state index contributed by atoms with van der Waals surface area (Å²) in [6.45, 7) is 3.05. The van der Waals surface area contributed by atoms with Crippen molar-refractivity contribution < 1.29 is 9.53 Å². The van der Waals surface area contributed by atoms with Gasteiger partial charge in [-0.25, -0.2) is 9.67 Å². The van der Waals surface area contributed by atoms with Crippen LogP contribution in [0.3, 0.4) is 0 Å². The van der Waals surface area contributed by atoms with Gasteiger partial charge in [-0.1, -0.05) is 6.07 Å². The molecule has 9 heteroatoms. The van der Waals surface area contributed by atoms with Crippen LogP contribution in [0.1, 0.15) is 29.0 Å². The Labute approximate surface area is 156 Å². The Kier molecular flexibility index (Phi) is 4.73. The third-order valence-electron chi connectivity index (χ3n) is 4.41. The van der Waals surface area contributed by atoms with Crippen LogP contribution in [0.4, 0.5) is 0 Å². The predicted molar refractivity (Wildman–Crippen MR) is 95.5 cm³/mol. The number of ether oxygens (including phenoxy) is 1. The van der Waals surface area contributed by atoms with Gasteiger partial charge in [-0.15, -0.1) is 5.10 Å². The molecular weight excluding hydrogens is 346 g/mol. The number of piperidine rings is 1. The first-order chi connectivity index (χ1) is 13.2. The third-order valence-corrected chi connectivity index (χ3v) is 4.41. The molecule has 0 spiro atoms. The van der Waals surface area contributed by atoms with Gasteiger partial charge in [-0.3, -0.25) is 4.79 Å². The summed E-state index contributed by atoms with van der Waals surface area (Å²) in [4.78, 5) is 23.1. The molecule has 0 N–H and O–H groups in total. The van der Waals surface area contributed by atoms with Gasteiger partial charge in [-0.05, 0) is 48.4 Å². The van der Waals surface area contributed by atoms with Crippen molar-refractivity contribution in [2.45, 2.75) is 25.9 Å². The first-order valence-corrected chi connectivity index (χ1v) is 8.78. The monoisotopic (exact) mass is 365 g/mol. The van der Waals surface area contributed by atoms with E-state index in [2.05, 4.69) is 25.5 Å². The first kappa shape index (κ1) is 17.1. The van der Waals surface area contributed by atoms with Crippen molar-refractivity contribution in [3.05, 3.63) is 54.2 Å². The predicted octanol–water partition coefficient (Wildman–Crippen LogP) is 1.44. The largest absolute Gasteiger partial charge is 0.472 e. The Balaban J connectivity index is 1.46. The van der Waals surface area contributed by atoms with Gasteiger partial charge in [0.05, 0.1) is 12.2 Å². The van der Waals surface area contributed by atoms with E-state index in [9.17, 15) is 4.79 Å². The second kappa shape index (κ2) is 7.48. The maximum absolute atomic E-state index is 13.0. The third kappa shape index (κ3) is 3.91. The molecule has 1 aromatic carbocycles. The Morgan fingerprint density at radius 2 is 2.22 bits per heavy atom. The number of rotatable bonds is 4. The zero-order valence-corrected chi connectivity index (χ0v) is 14.9. The number of hydrogen-bond acceptors (Lipinski definition) is 7. The first-order valence-electron chi connectivity index (χ1n) is 8.78. The lowest BCUT2D eigenvalue weighted by atomic mass is 10.1. The van der Waals surface area contributed by atoms with Crippen LogP contribution in [0, 0.1) is 6.92 Å². The molecule has 1 aliphatic rings. The molecule has 1 fully saturated rings. The molecule has 138 valence electrons. The number of hydrogen-bond donors (Lipinski definition) is 0. The summed E-state index contributed by atoms with van der Waals surface area (Å²) in [6.07, 6.45) is 4.86. The highest BCUT2D eigenvalue weighted by Crippen LogP contribution is 2.19. The summed E-state index contributed by atoms with van der Waals surface area (Å²) in [6, 6.07) is 9.01. The molecule has 3 heterocycles. The van der Waals surface area contributed by atoms with E-state index in [1.54, 1.807) is 24.4 Å². The van der Waals surface area contributed by atoms with E-state index in [-0.39, 0.29) is 12.0 Å². The zero-order chi connectivity index (χ0) is 18.6. The minimum absolute atomic E-state index is 0.0305. The summed E-state index contributed by atoms with van der Waals surface area (Å²) >= 11 is 0. The van der Waals surface area contributed by atoms with Gasteiger partial charge in [0, 0.05) is 24.4 Å². The standard InChI is InChI=1S/C18H19N7O2/c1-13-19-8-7-17(21-13)27-16-6-3-9-24(11-16)18(26)14-4-2-5-15(10-14)25-12-20-22-23-25/h2,4-5,7-8,10,12,16H,3,6,9,11H2,1H3. The molecule has 3 aromatic rings. The van der Waals surface area contributed by atoms with Gasteiger partial charge < -0.3 is 9.64 Å². The van der Waals surface area contributed by atoms with Crippen LogP contribution in [0.15, 0.2) is 42.9 Å². The summed E-state index contributed by atoms with van der Waals surface area (Å²) < 4.78 is 7.48. The van der Waals surface area contributed by atoms with Crippen molar-refractivity contribution in [2.24, 2.45) is 0 Å². The van der Waals surface area contributed by atoms with Gasteiger partial charge in [0.1, 0.15) is 18.3 Å². The summed E-state index contributed by atoms with van der Waals surface area (Å²) in [7, 11) is 0. The summed E-state index contributed by atoms with van der Waals surface area (Å²) in [5.41, 5.74) is 1.34. The molecule has 0 saturated carbocycles. The highest BCUT2D eigenvalue weighted by Gasteiger charge is 2.26. The fourth-order valence-corrected chi connectivity index (χ4v) is 3.13. The number of carbonyl (C=O) groups excluding carboxylic acids is 1. The lowest BCUT2D eigenvalue weighted by molar-refractivity contribution is 0.0527. The van der Waals surface area contributed by atoms with E-state index in [0.717, 1.165) is 18.5 Å². The van der Waals surface area contributed by atoms with Crippen molar-refractivity contribution in [2.75, 3.05) is 13.1 Å². The molecule has 1 aliphatic heterocycles. The minimum Gasteiger partial charge on any atom is -0.472 e. The normalized spacial score (nSPS) is 16.9. The maximum atomic E-state index is 13.0. The van der Waals surface area contributed by atoms with Crippen LogP contribution in [-0.4, -0.2) is 60.2 Å². The highest BCUT2D eigenvalue weighted by molar-refractivity contribution is 5.94. The van der Waals surface area contributed by atoms with Crippen LogP contribution < -0.4 is 4.74 Å². The van der Waals surface area contributed by atoms with E-state index >= 15 is 0 Å². The van der Waals surface area contributed by atoms with Crippen molar-refractivity contribution in [3.63, 3.8) is 0 Å². The number of nitrogens with zero attached hydrogens (tertiary/aromatic N) is 7. The van der Waals surface area contributed by atoms with Crippen LogP contribution in [0.2, 0.25) is 0 Å². The molecule has 4 rings (SSSR count). The van der Waals surface area contributed by atoms with Crippen LogP contribution in [0.5, 0.6) is 5.88 Å². The average molecular weight is 365 g/mol. The molecule has 1 saturated heterocycles. The van der Waals surface area contributed by atoms with E-state index in [1.165, 1.54) is 11.0 Å². The summed E-state index contributed by atoms with van der Waals surface area (Å²) in [5.74, 6) is 1.18. The van der Waals surface area contributed by atoms with Crippen LogP contribution in [0.25, 0.3) is 5.69 Å². The Morgan fingerprint density at radius 1 is 1.30 bits per heavy atom. The zero-order valence-electron chi connectivity index (χ0n) is 14.9. The number of aromatic nitrogens is 6. The SMILES string of the molecule is Cc1nccc(OC2CCCN(C(=O)c3cccc(-n4cnnn4)c3)C2)n1. The second-order valence-electron chi connectivity index (χ2n) is 6.38. The van der Waals surface area contributed by atoms with Crippen LogP contribution >= 0.6 is 0 Å². The molecule has 0 radical (unpaired) electrons. The molecule has 9 nitrogen and oxygen atoms in total. The fraction of sp³-hybridized carbons (Fsp3) is 0.333. The molecule has 1 unspecified atom stereocenters. The topological polar surface area (TPSA) is 98.9 Å². The second-order valence-corrected chi connectivity index (χ2v) is 6.38. The van der Waals surface area contributed by atoms with Crippen LogP contribution in [-0.2, 0) is 0 Å². The van der Waals surface area contributed by atoms with E-state index in [0.29, 0.717) is 30.4 Å². The highest BCUT2D eigenvalue weighted by atomic mass is 16.5. The molecule has 1 amide bonds. The minimum atomic E-state index is -0.0836. The van der Waals surface area contributed by atoms with Crippen molar-refractivity contribution in [1.29, 1.82) is 0 Å². The van der Waals surface area contributed by atoms with E-state index in [1.807, 2.05) is 24.0 Å². The lowest BCUT2D eigenvalue weighted by Gasteiger charge is -2.32. The van der Waals surface area contributed by atoms with E-state index in [4.69, 9.17) is 4.74 Å². The van der Waals surface area contributed by atoms with Gasteiger partial charge >= 0.3 is 0 Å². The van der Waals surface area contributed by atoms with Gasteiger partial charge in [-0.2, -0.15) is 4.98 Å². The fourth-order valence-electron chi connectivity index (χ4n) is 3.13. The summed E-state index contributed by atoms with van der Waals surface area (Å²) in [5, 5.41) is 11.1. The molecule has 2 aromatic heterocycles. The Morgan fingerprint density at radius 3 is 3.04 bits per heavy atom. The van der Waals surface area contributed by atoms with Crippen molar-refractivity contribution in [1.82, 2.24) is 35.1 Å². The lowest BCUT2D eigenvalue weighted by Crippen LogP contribution is -2.44. The Hall–Kier alpha value is -3.36. The number of carbonyl (C=O) groups is 1. The van der Waals surface area contributed by atoms with Gasteiger partial charge in [0.2, 0.25) is 5.88 Å². The number of tetrazole rings is 1. The van der Waals surface area contributed by atoms with Gasteiger partial charge in [0.15, 0.2) is 0 Å². The Bertz CT molecular complexity index is 929. The number of likely N-dealkylation sites (tertiary alicyclic amines) is 1. The average Bonchev–Trinajstić information content (AvgIpc) is 3.23. The molecule has 1 atom stereocenters. The molecule has 0 bridgehead atoms. The quantitative estimate of drug-likeness (QED) is 0.690.